The van der Waals surface area contributed by atoms with E-state index in [4.69, 9.17) is 18.9 Å². The highest BCUT2D eigenvalue weighted by molar-refractivity contribution is 6.04. The standard InChI is InChI=1S/C29H31NO6/c1-20(2)17-18-35-26-15-5-21(19-27(26)34-4)6-16-28(31)36-25-11-7-22(8-12-25)29(32)30-23-9-13-24(33-3)14-10-23/h5-16,19-20H,17-18H2,1-4H3,(H,30,32)/b16-6+. The van der Waals surface area contributed by atoms with E-state index in [0.29, 0.717) is 46.8 Å². The van der Waals surface area contributed by atoms with Crippen molar-refractivity contribution in [1.82, 2.24) is 0 Å². The molecule has 1 N–H and O–H groups in total. The van der Waals surface area contributed by atoms with Crippen molar-refractivity contribution in [2.24, 2.45) is 5.92 Å². The van der Waals surface area contributed by atoms with Crippen molar-refractivity contribution in [2.75, 3.05) is 26.1 Å². The second kappa shape index (κ2) is 13.0. The molecule has 0 aliphatic carbocycles. The first-order valence-corrected chi connectivity index (χ1v) is 11.6. The first-order chi connectivity index (χ1) is 17.4. The zero-order chi connectivity index (χ0) is 25.9. The molecule has 0 radical (unpaired) electrons. The molecule has 3 aromatic rings. The third-order valence-electron chi connectivity index (χ3n) is 5.24. The third-order valence-corrected chi connectivity index (χ3v) is 5.24. The number of amides is 1. The molecule has 0 bridgehead atoms. The van der Waals surface area contributed by atoms with Gasteiger partial charge in [0.2, 0.25) is 0 Å². The number of esters is 1. The predicted molar refractivity (Wildman–Crippen MR) is 140 cm³/mol. The lowest BCUT2D eigenvalue weighted by Crippen LogP contribution is -2.12. The van der Waals surface area contributed by atoms with Gasteiger partial charge in [-0.25, -0.2) is 4.79 Å². The van der Waals surface area contributed by atoms with E-state index < -0.39 is 5.97 Å². The van der Waals surface area contributed by atoms with Crippen molar-refractivity contribution in [1.29, 1.82) is 0 Å². The molecular weight excluding hydrogens is 458 g/mol. The van der Waals surface area contributed by atoms with Gasteiger partial charge in [-0.2, -0.15) is 0 Å². The number of benzene rings is 3. The summed E-state index contributed by atoms with van der Waals surface area (Å²) in [6.07, 6.45) is 3.92. The Morgan fingerprint density at radius 2 is 1.56 bits per heavy atom. The summed E-state index contributed by atoms with van der Waals surface area (Å²) in [5.41, 5.74) is 1.85. The molecule has 0 heterocycles. The Hall–Kier alpha value is -4.26. The second-order valence-electron chi connectivity index (χ2n) is 8.40. The minimum absolute atomic E-state index is 0.275. The van der Waals surface area contributed by atoms with Crippen molar-refractivity contribution in [3.8, 4) is 23.0 Å². The molecule has 0 aliphatic heterocycles. The molecule has 0 aliphatic rings. The van der Waals surface area contributed by atoms with E-state index in [9.17, 15) is 9.59 Å². The number of hydrogen-bond acceptors (Lipinski definition) is 6. The van der Waals surface area contributed by atoms with Gasteiger partial charge in [0.1, 0.15) is 11.5 Å². The van der Waals surface area contributed by atoms with E-state index >= 15 is 0 Å². The number of anilines is 1. The summed E-state index contributed by atoms with van der Waals surface area (Å²) in [5.74, 6) is 2.03. The zero-order valence-electron chi connectivity index (χ0n) is 20.9. The maximum absolute atomic E-state index is 12.4. The number of carbonyl (C=O) groups excluding carboxylic acids is 2. The highest BCUT2D eigenvalue weighted by Gasteiger charge is 2.09. The normalized spacial score (nSPS) is 10.8. The summed E-state index contributed by atoms with van der Waals surface area (Å²) in [7, 11) is 3.16. The van der Waals surface area contributed by atoms with Gasteiger partial charge in [-0.1, -0.05) is 19.9 Å². The molecular formula is C29H31NO6. The van der Waals surface area contributed by atoms with Gasteiger partial charge in [0.15, 0.2) is 11.5 Å². The van der Waals surface area contributed by atoms with Crippen LogP contribution in [0.15, 0.2) is 72.8 Å². The lowest BCUT2D eigenvalue weighted by Gasteiger charge is -2.12. The first-order valence-electron chi connectivity index (χ1n) is 11.6. The lowest BCUT2D eigenvalue weighted by atomic mass is 10.1. The molecule has 0 aromatic heterocycles. The minimum Gasteiger partial charge on any atom is -0.497 e. The number of carbonyl (C=O) groups is 2. The van der Waals surface area contributed by atoms with E-state index in [1.54, 1.807) is 74.9 Å². The fourth-order valence-electron chi connectivity index (χ4n) is 3.18. The Labute approximate surface area is 211 Å². The van der Waals surface area contributed by atoms with E-state index in [1.807, 2.05) is 12.1 Å². The molecule has 3 rings (SSSR count). The van der Waals surface area contributed by atoms with Crippen molar-refractivity contribution >= 4 is 23.6 Å². The van der Waals surface area contributed by atoms with Gasteiger partial charge in [-0.15, -0.1) is 0 Å². The van der Waals surface area contributed by atoms with Crippen LogP contribution in [0.5, 0.6) is 23.0 Å². The molecule has 36 heavy (non-hydrogen) atoms. The lowest BCUT2D eigenvalue weighted by molar-refractivity contribution is -0.128. The quantitative estimate of drug-likeness (QED) is 0.202. The van der Waals surface area contributed by atoms with Crippen molar-refractivity contribution < 1.29 is 28.5 Å². The van der Waals surface area contributed by atoms with E-state index in [2.05, 4.69) is 19.2 Å². The summed E-state index contributed by atoms with van der Waals surface area (Å²) in [4.78, 5) is 24.7. The fraction of sp³-hybridized carbons (Fsp3) is 0.241. The van der Waals surface area contributed by atoms with E-state index in [-0.39, 0.29) is 5.91 Å². The van der Waals surface area contributed by atoms with Crippen molar-refractivity contribution in [2.45, 2.75) is 20.3 Å². The Morgan fingerprint density at radius 3 is 2.19 bits per heavy atom. The predicted octanol–water partition coefficient (Wildman–Crippen LogP) is 6.00. The highest BCUT2D eigenvalue weighted by Crippen LogP contribution is 2.29. The summed E-state index contributed by atoms with van der Waals surface area (Å²) >= 11 is 0. The van der Waals surface area contributed by atoms with Crippen LogP contribution >= 0.6 is 0 Å². The largest absolute Gasteiger partial charge is 0.497 e. The number of ether oxygens (including phenoxy) is 4. The van der Waals surface area contributed by atoms with Crippen molar-refractivity contribution in [3.05, 3.63) is 83.9 Å². The summed E-state index contributed by atoms with van der Waals surface area (Å²) in [6.45, 7) is 4.89. The van der Waals surface area contributed by atoms with Crippen LogP contribution in [-0.4, -0.2) is 32.7 Å². The van der Waals surface area contributed by atoms with Gasteiger partial charge in [-0.3, -0.25) is 4.79 Å². The van der Waals surface area contributed by atoms with Gasteiger partial charge in [0.25, 0.3) is 5.91 Å². The molecule has 0 spiro atoms. The second-order valence-corrected chi connectivity index (χ2v) is 8.40. The summed E-state index contributed by atoms with van der Waals surface area (Å²) in [5, 5.41) is 2.80. The Morgan fingerprint density at radius 1 is 0.861 bits per heavy atom. The number of nitrogens with one attached hydrogen (secondary N) is 1. The zero-order valence-corrected chi connectivity index (χ0v) is 20.9. The molecule has 1 amide bonds. The molecule has 0 saturated heterocycles. The molecule has 0 fully saturated rings. The molecule has 3 aromatic carbocycles. The van der Waals surface area contributed by atoms with Crippen LogP contribution in [0.25, 0.3) is 6.08 Å². The molecule has 0 saturated carbocycles. The van der Waals surface area contributed by atoms with Gasteiger partial charge in [0, 0.05) is 17.3 Å². The van der Waals surface area contributed by atoms with Crippen LogP contribution in [0.3, 0.4) is 0 Å². The van der Waals surface area contributed by atoms with Crippen LogP contribution in [0, 0.1) is 5.92 Å². The maximum Gasteiger partial charge on any atom is 0.336 e. The Balaban J connectivity index is 1.54. The molecule has 188 valence electrons. The van der Waals surface area contributed by atoms with Crippen LogP contribution in [0.1, 0.15) is 36.2 Å². The monoisotopic (exact) mass is 489 g/mol. The van der Waals surface area contributed by atoms with Gasteiger partial charge < -0.3 is 24.3 Å². The smallest absolute Gasteiger partial charge is 0.336 e. The van der Waals surface area contributed by atoms with E-state index in [1.165, 1.54) is 6.08 Å². The average Bonchev–Trinajstić information content (AvgIpc) is 2.88. The van der Waals surface area contributed by atoms with Gasteiger partial charge >= 0.3 is 5.97 Å². The van der Waals surface area contributed by atoms with Crippen LogP contribution in [0.4, 0.5) is 5.69 Å². The van der Waals surface area contributed by atoms with Crippen LogP contribution in [0.2, 0.25) is 0 Å². The molecule has 7 heteroatoms. The van der Waals surface area contributed by atoms with E-state index in [0.717, 1.165) is 12.0 Å². The first kappa shape index (κ1) is 26.3. The van der Waals surface area contributed by atoms with Gasteiger partial charge in [-0.05, 0) is 84.6 Å². The fourth-order valence-corrected chi connectivity index (χ4v) is 3.18. The van der Waals surface area contributed by atoms with Crippen molar-refractivity contribution in [3.63, 3.8) is 0 Å². The van der Waals surface area contributed by atoms with Crippen LogP contribution < -0.4 is 24.3 Å². The highest BCUT2D eigenvalue weighted by atomic mass is 16.5. The Bertz CT molecular complexity index is 1180. The van der Waals surface area contributed by atoms with Gasteiger partial charge in [0.05, 0.1) is 20.8 Å². The molecule has 0 unspecified atom stereocenters. The topological polar surface area (TPSA) is 83.1 Å². The summed E-state index contributed by atoms with van der Waals surface area (Å²) < 4.78 is 21.7. The summed E-state index contributed by atoms with van der Waals surface area (Å²) in [6, 6.07) is 18.8. The minimum atomic E-state index is -0.540. The maximum atomic E-state index is 12.4. The SMILES string of the molecule is COc1ccc(NC(=O)c2ccc(OC(=O)/C=C/c3ccc(OCCC(C)C)c(OC)c3)cc2)cc1. The number of methoxy groups -OCH3 is 2. The average molecular weight is 490 g/mol. The molecule has 7 nitrogen and oxygen atoms in total. The third kappa shape index (κ3) is 7.91. The number of hydrogen-bond donors (Lipinski definition) is 1. The molecule has 0 atom stereocenters. The number of rotatable bonds is 11. The Kier molecular flexibility index (Phi) is 9.51. The van der Waals surface area contributed by atoms with Crippen LogP contribution in [-0.2, 0) is 4.79 Å².